The highest BCUT2D eigenvalue weighted by Gasteiger charge is 2.41. The number of likely N-dealkylation sites (tertiary alicyclic amines) is 1. The van der Waals surface area contributed by atoms with Gasteiger partial charge in [0.25, 0.3) is 5.92 Å². The lowest BCUT2D eigenvalue weighted by molar-refractivity contribution is -0.148. The van der Waals surface area contributed by atoms with Crippen LogP contribution in [0.4, 0.5) is 26.7 Å². The number of nitrogens with zero attached hydrogens (tertiary/aromatic N) is 4. The molecule has 1 fully saturated rings. The molecule has 2 aromatic rings. The Morgan fingerprint density at radius 3 is 2.56 bits per heavy atom. The number of fused-ring (bicyclic) bond motifs is 1. The molecule has 15 heteroatoms. The van der Waals surface area contributed by atoms with Crippen molar-refractivity contribution in [3.8, 4) is 10.7 Å². The molecule has 1 saturated heterocycles. The van der Waals surface area contributed by atoms with E-state index in [1.807, 2.05) is 0 Å². The minimum Gasteiger partial charge on any atom is -0.444 e. The highest BCUT2D eigenvalue weighted by Crippen LogP contribution is 2.36. The second-order valence-corrected chi connectivity index (χ2v) is 12.0. The van der Waals surface area contributed by atoms with Crippen LogP contribution in [0.15, 0.2) is 17.5 Å². The highest BCUT2D eigenvalue weighted by molar-refractivity contribution is 7.13. The number of carbonyl (C=O) groups excluding carboxylic acids is 3. The van der Waals surface area contributed by atoms with Crippen LogP contribution in [0.2, 0.25) is 0 Å². The molecular weight excluding hydrogens is 573 g/mol. The van der Waals surface area contributed by atoms with E-state index in [2.05, 4.69) is 15.3 Å². The quantitative estimate of drug-likeness (QED) is 0.483. The zero-order valence-electron chi connectivity index (χ0n) is 22.7. The molecule has 2 aliphatic rings. The van der Waals surface area contributed by atoms with E-state index in [1.165, 1.54) is 16.2 Å². The minimum absolute atomic E-state index is 0.0535. The molecule has 3 amide bonds. The molecular formula is C26H30F5N5O4S. The van der Waals surface area contributed by atoms with E-state index in [0.717, 1.165) is 4.90 Å². The number of alkyl carbamates (subject to hydrolysis) is 1. The first-order valence-electron chi connectivity index (χ1n) is 12.9. The van der Waals surface area contributed by atoms with Crippen LogP contribution in [0.5, 0.6) is 0 Å². The van der Waals surface area contributed by atoms with Crippen LogP contribution in [0, 0.1) is 0 Å². The predicted octanol–water partition coefficient (Wildman–Crippen LogP) is 4.65. The summed E-state index contributed by atoms with van der Waals surface area (Å²) in [6, 6.07) is 2.16. The summed E-state index contributed by atoms with van der Waals surface area (Å²) >= 11 is 1.18. The monoisotopic (exact) mass is 603 g/mol. The average Bonchev–Trinajstić information content (AvgIpc) is 3.38. The normalized spacial score (nSPS) is 18.1. The fraction of sp³-hybridized carbons (Fsp3) is 0.577. The Morgan fingerprint density at radius 2 is 1.93 bits per heavy atom. The van der Waals surface area contributed by atoms with Gasteiger partial charge in [-0.2, -0.15) is 13.2 Å². The molecule has 9 nitrogen and oxygen atoms in total. The number of amides is 3. The molecule has 41 heavy (non-hydrogen) atoms. The first kappa shape index (κ1) is 30.6. The number of hydrogen-bond donors (Lipinski definition) is 1. The van der Waals surface area contributed by atoms with Gasteiger partial charge in [0.1, 0.15) is 5.60 Å². The number of aromatic nitrogens is 2. The number of rotatable bonds is 6. The third kappa shape index (κ3) is 7.89. The summed E-state index contributed by atoms with van der Waals surface area (Å²) in [4.78, 5) is 48.9. The van der Waals surface area contributed by atoms with Crippen molar-refractivity contribution in [3.63, 3.8) is 0 Å². The summed E-state index contributed by atoms with van der Waals surface area (Å²) in [7, 11) is 0. The summed E-state index contributed by atoms with van der Waals surface area (Å²) in [6.45, 7) is 3.32. The first-order valence-corrected chi connectivity index (χ1v) is 13.8. The van der Waals surface area contributed by atoms with Crippen LogP contribution in [0.25, 0.3) is 10.7 Å². The van der Waals surface area contributed by atoms with Gasteiger partial charge in [0.2, 0.25) is 11.8 Å². The van der Waals surface area contributed by atoms with Gasteiger partial charge in [-0.25, -0.2) is 23.5 Å². The molecule has 0 aromatic carbocycles. The largest absolute Gasteiger partial charge is 0.444 e. The van der Waals surface area contributed by atoms with Gasteiger partial charge in [-0.1, -0.05) is 6.07 Å². The Balaban J connectivity index is 1.55. The van der Waals surface area contributed by atoms with E-state index in [0.29, 0.717) is 4.88 Å². The van der Waals surface area contributed by atoms with E-state index in [-0.39, 0.29) is 49.6 Å². The van der Waals surface area contributed by atoms with Crippen LogP contribution in [-0.2, 0) is 33.5 Å². The van der Waals surface area contributed by atoms with Crippen LogP contribution >= 0.6 is 11.3 Å². The third-order valence-corrected chi connectivity index (χ3v) is 7.36. The van der Waals surface area contributed by atoms with Crippen molar-refractivity contribution < 1.29 is 41.1 Å². The maximum Gasteiger partial charge on any atom is 0.433 e. The molecule has 0 saturated carbocycles. The number of halogens is 5. The lowest BCUT2D eigenvalue weighted by Gasteiger charge is -2.36. The van der Waals surface area contributed by atoms with Gasteiger partial charge in [-0.05, 0) is 38.6 Å². The van der Waals surface area contributed by atoms with Crippen molar-refractivity contribution in [2.75, 3.05) is 19.6 Å². The number of alkyl halides is 5. The fourth-order valence-corrected chi connectivity index (χ4v) is 5.35. The smallest absolute Gasteiger partial charge is 0.433 e. The minimum atomic E-state index is -4.73. The molecule has 0 radical (unpaired) electrons. The van der Waals surface area contributed by atoms with Crippen molar-refractivity contribution in [2.45, 2.75) is 76.7 Å². The molecule has 2 aliphatic heterocycles. The van der Waals surface area contributed by atoms with Crippen molar-refractivity contribution in [1.29, 1.82) is 0 Å². The number of ether oxygens (including phenoxy) is 1. The first-order chi connectivity index (χ1) is 19.0. The molecule has 0 unspecified atom stereocenters. The standard InChI is InChI=1S/C26H30F5N5O4S/c1-24(2,3)40-23(39)32-15(12-36-14-25(27,28)8-6-19(36)37)11-20(38)35-9-7-16-17(13-35)33-22(18-5-4-10-41-18)34-21(16)26(29,30)31/h4-5,10,15H,6-9,11-14H2,1-3H3,(H,32,39)/t15-/m0/s1. The number of carbonyl (C=O) groups is 3. The lowest BCUT2D eigenvalue weighted by Crippen LogP contribution is -2.53. The Hall–Kier alpha value is -3.36. The van der Waals surface area contributed by atoms with Crippen molar-refractivity contribution in [1.82, 2.24) is 25.1 Å². The Morgan fingerprint density at radius 1 is 1.20 bits per heavy atom. The molecule has 4 rings (SSSR count). The van der Waals surface area contributed by atoms with Gasteiger partial charge in [-0.15, -0.1) is 11.3 Å². The summed E-state index contributed by atoms with van der Waals surface area (Å²) in [5.74, 6) is -4.31. The number of piperidine rings is 1. The molecule has 1 atom stereocenters. The SMILES string of the molecule is CC(C)(C)OC(=O)N[C@@H](CC(=O)N1CCc2c(nc(-c3cccs3)nc2C(F)(F)F)C1)CN1CC(F)(F)CCC1=O. The van der Waals surface area contributed by atoms with Crippen LogP contribution in [0.1, 0.15) is 57.0 Å². The van der Waals surface area contributed by atoms with Gasteiger partial charge >= 0.3 is 12.3 Å². The molecule has 2 aromatic heterocycles. The molecule has 224 valence electrons. The van der Waals surface area contributed by atoms with Gasteiger partial charge in [-0.3, -0.25) is 9.59 Å². The lowest BCUT2D eigenvalue weighted by atomic mass is 10.0. The maximum atomic E-state index is 14.0. The Bertz CT molecular complexity index is 1300. The topological polar surface area (TPSA) is 105 Å². The summed E-state index contributed by atoms with van der Waals surface area (Å²) in [5.41, 5.74) is -1.98. The van der Waals surface area contributed by atoms with Crippen molar-refractivity contribution >= 4 is 29.2 Å². The Kier molecular flexibility index (Phi) is 8.58. The van der Waals surface area contributed by atoms with Gasteiger partial charge < -0.3 is 19.9 Å². The zero-order chi connectivity index (χ0) is 30.2. The average molecular weight is 604 g/mol. The third-order valence-electron chi connectivity index (χ3n) is 6.49. The van der Waals surface area contributed by atoms with Crippen LogP contribution in [0.3, 0.4) is 0 Å². The number of hydrogen-bond acceptors (Lipinski definition) is 7. The van der Waals surface area contributed by atoms with Gasteiger partial charge in [0.15, 0.2) is 11.5 Å². The summed E-state index contributed by atoms with van der Waals surface area (Å²) in [5, 5.41) is 4.18. The second kappa shape index (κ2) is 11.5. The molecule has 4 heterocycles. The van der Waals surface area contributed by atoms with E-state index in [4.69, 9.17) is 4.74 Å². The molecule has 1 N–H and O–H groups in total. The molecule has 0 spiro atoms. The molecule has 0 bridgehead atoms. The van der Waals surface area contributed by atoms with E-state index < -0.39 is 66.7 Å². The Labute approximate surface area is 237 Å². The van der Waals surface area contributed by atoms with E-state index in [9.17, 15) is 36.3 Å². The van der Waals surface area contributed by atoms with E-state index >= 15 is 0 Å². The van der Waals surface area contributed by atoms with Crippen LogP contribution < -0.4 is 5.32 Å². The highest BCUT2D eigenvalue weighted by atomic mass is 32.1. The van der Waals surface area contributed by atoms with Gasteiger partial charge in [0.05, 0.1) is 29.7 Å². The second-order valence-electron chi connectivity index (χ2n) is 11.0. The number of thiophene rings is 1. The predicted molar refractivity (Wildman–Crippen MR) is 138 cm³/mol. The molecule has 0 aliphatic carbocycles. The summed E-state index contributed by atoms with van der Waals surface area (Å²) < 4.78 is 74.9. The van der Waals surface area contributed by atoms with Crippen LogP contribution in [-0.4, -0.2) is 74.9 Å². The van der Waals surface area contributed by atoms with E-state index in [1.54, 1.807) is 38.3 Å². The fourth-order valence-electron chi connectivity index (χ4n) is 4.70. The van der Waals surface area contributed by atoms with Crippen molar-refractivity contribution in [3.05, 3.63) is 34.5 Å². The van der Waals surface area contributed by atoms with Crippen molar-refractivity contribution in [2.24, 2.45) is 0 Å². The zero-order valence-corrected chi connectivity index (χ0v) is 23.5. The van der Waals surface area contributed by atoms with Gasteiger partial charge in [0, 0.05) is 37.9 Å². The maximum absolute atomic E-state index is 14.0. The summed E-state index contributed by atoms with van der Waals surface area (Å²) in [6.07, 6.45) is -7.15. The number of nitrogens with one attached hydrogen (secondary N) is 1.